The van der Waals surface area contributed by atoms with E-state index in [0.717, 1.165) is 12.1 Å². The highest BCUT2D eigenvalue weighted by Crippen LogP contribution is 2.11. The molecule has 0 bridgehead atoms. The molecule has 1 rings (SSSR count). The molecule has 4 heteroatoms. The Morgan fingerprint density at radius 3 is 2.62 bits per heavy atom. The number of aromatic nitrogens is 2. The molecule has 0 fully saturated rings. The minimum absolute atomic E-state index is 0.315. The second-order valence-corrected chi connectivity index (χ2v) is 4.73. The average Bonchev–Trinajstić information content (AvgIpc) is 2.16. The monoisotopic (exact) mass is 223 g/mol. The van der Waals surface area contributed by atoms with Crippen molar-refractivity contribution in [3.63, 3.8) is 0 Å². The van der Waals surface area contributed by atoms with Gasteiger partial charge < -0.3 is 10.0 Å². The van der Waals surface area contributed by atoms with Crippen LogP contribution < -0.4 is 4.90 Å². The first-order valence-corrected chi connectivity index (χ1v) is 5.66. The van der Waals surface area contributed by atoms with Crippen molar-refractivity contribution in [2.45, 2.75) is 32.8 Å². The lowest BCUT2D eigenvalue weighted by atomic mass is 10.0. The molecule has 0 saturated carbocycles. The van der Waals surface area contributed by atoms with Crippen LogP contribution in [0.15, 0.2) is 12.3 Å². The summed E-state index contributed by atoms with van der Waals surface area (Å²) in [6.07, 6.45) is 2.83. The van der Waals surface area contributed by atoms with Gasteiger partial charge in [0.15, 0.2) is 0 Å². The SMILES string of the molecule is CC(C)CC(O)Cc1ccnc(N(C)C)n1. The fourth-order valence-electron chi connectivity index (χ4n) is 1.58. The van der Waals surface area contributed by atoms with Crippen molar-refractivity contribution >= 4 is 5.95 Å². The number of nitrogens with zero attached hydrogens (tertiary/aromatic N) is 3. The van der Waals surface area contributed by atoms with Gasteiger partial charge in [-0.15, -0.1) is 0 Å². The Balaban J connectivity index is 2.63. The summed E-state index contributed by atoms with van der Waals surface area (Å²) in [6.45, 7) is 4.21. The maximum absolute atomic E-state index is 9.83. The summed E-state index contributed by atoms with van der Waals surface area (Å²) in [7, 11) is 3.81. The van der Waals surface area contributed by atoms with E-state index >= 15 is 0 Å². The van der Waals surface area contributed by atoms with Crippen LogP contribution in [0.4, 0.5) is 5.95 Å². The minimum atomic E-state index is -0.315. The summed E-state index contributed by atoms with van der Waals surface area (Å²) in [5.41, 5.74) is 0.895. The molecule has 0 spiro atoms. The van der Waals surface area contributed by atoms with E-state index in [9.17, 15) is 5.11 Å². The van der Waals surface area contributed by atoms with Gasteiger partial charge in [0.2, 0.25) is 5.95 Å². The highest BCUT2D eigenvalue weighted by molar-refractivity contribution is 5.27. The molecule has 0 aliphatic rings. The van der Waals surface area contributed by atoms with Crippen molar-refractivity contribution in [1.82, 2.24) is 9.97 Å². The first-order valence-electron chi connectivity index (χ1n) is 5.66. The van der Waals surface area contributed by atoms with Crippen LogP contribution in [0, 0.1) is 5.92 Å². The molecule has 0 radical (unpaired) electrons. The van der Waals surface area contributed by atoms with Gasteiger partial charge in [0.05, 0.1) is 6.10 Å². The van der Waals surface area contributed by atoms with Gasteiger partial charge in [0.1, 0.15) is 0 Å². The van der Waals surface area contributed by atoms with Gasteiger partial charge in [-0.05, 0) is 18.4 Å². The Kier molecular flexibility index (Phi) is 4.68. The lowest BCUT2D eigenvalue weighted by Gasteiger charge is -2.14. The first kappa shape index (κ1) is 12.9. The van der Waals surface area contributed by atoms with Crippen LogP contribution in [-0.4, -0.2) is 35.3 Å². The molecule has 0 saturated heterocycles. The van der Waals surface area contributed by atoms with Crippen molar-refractivity contribution in [2.75, 3.05) is 19.0 Å². The molecular weight excluding hydrogens is 202 g/mol. The van der Waals surface area contributed by atoms with E-state index in [1.807, 2.05) is 25.1 Å². The molecule has 1 aromatic rings. The van der Waals surface area contributed by atoms with Crippen LogP contribution in [-0.2, 0) is 6.42 Å². The van der Waals surface area contributed by atoms with Crippen LogP contribution in [0.25, 0.3) is 0 Å². The van der Waals surface area contributed by atoms with Gasteiger partial charge in [0.25, 0.3) is 0 Å². The molecular formula is C12H21N3O. The van der Waals surface area contributed by atoms with Crippen LogP contribution in [0.3, 0.4) is 0 Å². The van der Waals surface area contributed by atoms with Gasteiger partial charge in [-0.3, -0.25) is 0 Å². The second-order valence-electron chi connectivity index (χ2n) is 4.73. The summed E-state index contributed by atoms with van der Waals surface area (Å²) in [4.78, 5) is 10.4. The van der Waals surface area contributed by atoms with E-state index in [1.165, 1.54) is 0 Å². The highest BCUT2D eigenvalue weighted by atomic mass is 16.3. The van der Waals surface area contributed by atoms with E-state index in [-0.39, 0.29) is 6.10 Å². The van der Waals surface area contributed by atoms with Gasteiger partial charge >= 0.3 is 0 Å². The average molecular weight is 223 g/mol. The summed E-state index contributed by atoms with van der Waals surface area (Å²) < 4.78 is 0. The Bertz CT molecular complexity index is 326. The smallest absolute Gasteiger partial charge is 0.224 e. The Hall–Kier alpha value is -1.16. The molecule has 0 aliphatic heterocycles. The van der Waals surface area contributed by atoms with Gasteiger partial charge in [-0.2, -0.15) is 0 Å². The van der Waals surface area contributed by atoms with Crippen molar-refractivity contribution in [2.24, 2.45) is 5.92 Å². The zero-order valence-electron chi connectivity index (χ0n) is 10.5. The van der Waals surface area contributed by atoms with E-state index < -0.39 is 0 Å². The minimum Gasteiger partial charge on any atom is -0.393 e. The van der Waals surface area contributed by atoms with Crippen molar-refractivity contribution in [3.05, 3.63) is 18.0 Å². The molecule has 0 aromatic carbocycles. The Labute approximate surface area is 97.3 Å². The summed E-state index contributed by atoms with van der Waals surface area (Å²) >= 11 is 0. The number of aliphatic hydroxyl groups is 1. The van der Waals surface area contributed by atoms with Gasteiger partial charge in [-0.25, -0.2) is 9.97 Å². The summed E-state index contributed by atoms with van der Waals surface area (Å²) in [5.74, 6) is 1.19. The predicted molar refractivity (Wildman–Crippen MR) is 65.5 cm³/mol. The van der Waals surface area contributed by atoms with E-state index in [1.54, 1.807) is 6.20 Å². The molecule has 1 unspecified atom stereocenters. The third kappa shape index (κ3) is 4.14. The number of rotatable bonds is 5. The van der Waals surface area contributed by atoms with Crippen LogP contribution in [0.2, 0.25) is 0 Å². The van der Waals surface area contributed by atoms with E-state index in [4.69, 9.17) is 0 Å². The summed E-state index contributed by atoms with van der Waals surface area (Å²) in [5, 5.41) is 9.83. The maximum Gasteiger partial charge on any atom is 0.224 e. The molecule has 4 nitrogen and oxygen atoms in total. The zero-order valence-corrected chi connectivity index (χ0v) is 10.5. The fraction of sp³-hybridized carbons (Fsp3) is 0.667. The third-order valence-electron chi connectivity index (χ3n) is 2.29. The van der Waals surface area contributed by atoms with Crippen LogP contribution in [0.1, 0.15) is 26.0 Å². The van der Waals surface area contributed by atoms with E-state index in [2.05, 4.69) is 23.8 Å². The molecule has 90 valence electrons. The number of hydrogen-bond donors (Lipinski definition) is 1. The topological polar surface area (TPSA) is 49.3 Å². The normalized spacial score (nSPS) is 12.9. The standard InChI is InChI=1S/C12H21N3O/c1-9(2)7-11(16)8-10-5-6-13-12(14-10)15(3)4/h5-6,9,11,16H,7-8H2,1-4H3. The van der Waals surface area contributed by atoms with Gasteiger partial charge in [-0.1, -0.05) is 13.8 Å². The molecule has 1 atom stereocenters. The van der Waals surface area contributed by atoms with Gasteiger partial charge in [0, 0.05) is 32.4 Å². The molecule has 0 aliphatic carbocycles. The predicted octanol–water partition coefficient (Wildman–Crippen LogP) is 1.49. The zero-order chi connectivity index (χ0) is 12.1. The third-order valence-corrected chi connectivity index (χ3v) is 2.29. The lowest BCUT2D eigenvalue weighted by molar-refractivity contribution is 0.148. The van der Waals surface area contributed by atoms with Crippen LogP contribution in [0.5, 0.6) is 0 Å². The van der Waals surface area contributed by atoms with Crippen molar-refractivity contribution < 1.29 is 5.11 Å². The molecule has 1 heterocycles. The second kappa shape index (κ2) is 5.80. The van der Waals surface area contributed by atoms with Crippen molar-refractivity contribution in [1.29, 1.82) is 0 Å². The summed E-state index contributed by atoms with van der Waals surface area (Å²) in [6, 6.07) is 1.86. The largest absolute Gasteiger partial charge is 0.393 e. The maximum atomic E-state index is 9.83. The lowest BCUT2D eigenvalue weighted by Crippen LogP contribution is -2.17. The highest BCUT2D eigenvalue weighted by Gasteiger charge is 2.10. The number of aliphatic hydroxyl groups excluding tert-OH is 1. The Morgan fingerprint density at radius 1 is 1.38 bits per heavy atom. The van der Waals surface area contributed by atoms with Crippen LogP contribution >= 0.6 is 0 Å². The number of hydrogen-bond acceptors (Lipinski definition) is 4. The molecule has 0 amide bonds. The quantitative estimate of drug-likeness (QED) is 0.821. The first-order chi connectivity index (χ1) is 7.49. The molecule has 1 aromatic heterocycles. The molecule has 1 N–H and O–H groups in total. The number of anilines is 1. The van der Waals surface area contributed by atoms with E-state index in [0.29, 0.717) is 18.3 Å². The molecule has 16 heavy (non-hydrogen) atoms. The Morgan fingerprint density at radius 2 is 2.06 bits per heavy atom. The fourth-order valence-corrected chi connectivity index (χ4v) is 1.58. The van der Waals surface area contributed by atoms with Crippen molar-refractivity contribution in [3.8, 4) is 0 Å².